The number of rotatable bonds is 9. The van der Waals surface area contributed by atoms with Crippen LogP contribution >= 0.6 is 23.2 Å². The molecular weight excluding hydrogens is 750 g/mol. The maximum absolute atomic E-state index is 13.8. The Morgan fingerprint density at radius 1 is 1.00 bits per heavy atom. The number of hydrogen-bond acceptors (Lipinski definition) is 10. The minimum atomic E-state index is -5.00. The van der Waals surface area contributed by atoms with Crippen molar-refractivity contribution < 1.29 is 42.1 Å². The Kier molecular flexibility index (Phi) is 9.67. The molecule has 4 heterocycles. The van der Waals surface area contributed by atoms with Crippen LogP contribution in [0.1, 0.15) is 42.1 Å². The molecule has 0 saturated carbocycles. The van der Waals surface area contributed by atoms with Crippen molar-refractivity contribution in [2.24, 2.45) is 5.92 Å². The van der Waals surface area contributed by atoms with Crippen LogP contribution in [0, 0.1) is 5.92 Å². The number of aliphatic hydroxyl groups excluding tert-OH is 1. The summed E-state index contributed by atoms with van der Waals surface area (Å²) in [7, 11) is 1.51. The van der Waals surface area contributed by atoms with Crippen molar-refractivity contribution in [2.75, 3.05) is 33.3 Å². The van der Waals surface area contributed by atoms with Crippen molar-refractivity contribution in [1.29, 1.82) is 0 Å². The molecule has 8 rings (SSSR count). The molecule has 0 unspecified atom stereocenters. The van der Waals surface area contributed by atoms with Gasteiger partial charge in [0.05, 0.1) is 46.6 Å². The van der Waals surface area contributed by atoms with Gasteiger partial charge in [-0.25, -0.2) is 9.97 Å². The quantitative estimate of drug-likeness (QED) is 0.152. The molecule has 2 saturated heterocycles. The Hall–Kier alpha value is -4.47. The number of nitrogens with zero attached hydrogens (tertiary/aromatic N) is 5. The molecule has 16 heteroatoms. The Balaban J connectivity index is 1.15. The lowest BCUT2D eigenvalue weighted by Gasteiger charge is -2.24. The molecule has 0 bridgehead atoms. The van der Waals surface area contributed by atoms with E-state index in [2.05, 4.69) is 19.6 Å². The Morgan fingerprint density at radius 3 is 2.39 bits per heavy atom. The summed E-state index contributed by atoms with van der Waals surface area (Å²) in [5.41, 5.74) is 4.02. The number of halogens is 5. The molecule has 11 nitrogen and oxygen atoms in total. The minimum absolute atomic E-state index is 0.0137. The highest BCUT2D eigenvalue weighted by Crippen LogP contribution is 2.49. The lowest BCUT2D eigenvalue weighted by atomic mass is 9.99. The van der Waals surface area contributed by atoms with E-state index in [9.17, 15) is 28.2 Å². The lowest BCUT2D eigenvalue weighted by Crippen LogP contribution is -2.26. The molecular formula is C38H34Cl2F3N5O6. The van der Waals surface area contributed by atoms with Crippen molar-refractivity contribution in [1.82, 2.24) is 24.8 Å². The minimum Gasteiger partial charge on any atom is -0.481 e. The second kappa shape index (κ2) is 14.3. The third-order valence-electron chi connectivity index (χ3n) is 10.4. The number of fused-ring (bicyclic) bond motifs is 2. The standard InChI is InChI=1S/C38H34Cl2F3N5O6/c1-52-36-29(18-47-12-11-20(49)17-47)44-15-28(46-36)24-6-2-4-21(31(24)39)22-5-3-7-25(32(22)40)35-45-27-14-26-23(33(34(27)53-35)54-38(41,42)43)8-9-30(26)48-13-10-19(16-48)37(50)51/h2-7,14-15,19-20,30,49H,8-13,16-18H2,1H3,(H,50,51)/t19-,20-,30-/m1/s1. The molecule has 0 spiro atoms. The van der Waals surface area contributed by atoms with Gasteiger partial charge in [0.15, 0.2) is 11.3 Å². The number of benzene rings is 3. The van der Waals surface area contributed by atoms with Crippen LogP contribution in [0.5, 0.6) is 11.6 Å². The summed E-state index contributed by atoms with van der Waals surface area (Å²) < 4.78 is 57.8. The van der Waals surface area contributed by atoms with E-state index in [1.807, 2.05) is 4.90 Å². The van der Waals surface area contributed by atoms with Gasteiger partial charge in [-0.05, 0) is 49.9 Å². The number of ether oxygens (including phenoxy) is 2. The Morgan fingerprint density at radius 2 is 1.72 bits per heavy atom. The second-order valence-corrected chi connectivity index (χ2v) is 14.5. The van der Waals surface area contributed by atoms with Crippen LogP contribution in [0.3, 0.4) is 0 Å². The van der Waals surface area contributed by atoms with Crippen molar-refractivity contribution in [3.05, 3.63) is 75.5 Å². The van der Waals surface area contributed by atoms with Gasteiger partial charge in [0.25, 0.3) is 0 Å². The normalized spacial score (nSPS) is 20.5. The van der Waals surface area contributed by atoms with Gasteiger partial charge in [0, 0.05) is 54.5 Å². The van der Waals surface area contributed by atoms with E-state index in [-0.39, 0.29) is 40.6 Å². The van der Waals surface area contributed by atoms with E-state index in [0.717, 1.165) is 6.54 Å². The molecule has 2 fully saturated rings. The topological polar surface area (TPSA) is 134 Å². The lowest BCUT2D eigenvalue weighted by molar-refractivity contribution is -0.274. The van der Waals surface area contributed by atoms with Gasteiger partial charge in [-0.1, -0.05) is 53.5 Å². The van der Waals surface area contributed by atoms with Gasteiger partial charge in [-0.15, -0.1) is 13.2 Å². The Labute approximate surface area is 317 Å². The van der Waals surface area contributed by atoms with E-state index in [1.165, 1.54) is 7.11 Å². The molecule has 0 radical (unpaired) electrons. The zero-order valence-electron chi connectivity index (χ0n) is 28.9. The number of likely N-dealkylation sites (tertiary alicyclic amines) is 2. The molecule has 3 aliphatic rings. The largest absolute Gasteiger partial charge is 0.573 e. The van der Waals surface area contributed by atoms with E-state index >= 15 is 0 Å². The monoisotopic (exact) mass is 783 g/mol. The van der Waals surface area contributed by atoms with Crippen LogP contribution in [0.4, 0.5) is 13.2 Å². The first-order valence-corrected chi connectivity index (χ1v) is 18.2. The summed E-state index contributed by atoms with van der Waals surface area (Å²) in [5, 5.41) is 20.0. The fraction of sp³-hybridized carbons (Fsp3) is 0.368. The van der Waals surface area contributed by atoms with Crippen LogP contribution in [0.25, 0.3) is 44.9 Å². The smallest absolute Gasteiger partial charge is 0.481 e. The number of hydrogen-bond donors (Lipinski definition) is 2. The van der Waals surface area contributed by atoms with Crippen LogP contribution in [-0.2, 0) is 17.8 Å². The van der Waals surface area contributed by atoms with E-state index in [0.29, 0.717) is 101 Å². The number of aromatic nitrogens is 3. The van der Waals surface area contributed by atoms with Crippen molar-refractivity contribution in [3.63, 3.8) is 0 Å². The van der Waals surface area contributed by atoms with Crippen LogP contribution in [0.15, 0.2) is 53.1 Å². The predicted octanol–water partition coefficient (Wildman–Crippen LogP) is 7.79. The fourth-order valence-corrected chi connectivity index (χ4v) is 8.52. The average molecular weight is 785 g/mol. The molecule has 3 aromatic carbocycles. The molecule has 2 aliphatic heterocycles. The number of aliphatic hydroxyl groups is 1. The molecule has 1 aliphatic carbocycles. The summed E-state index contributed by atoms with van der Waals surface area (Å²) in [6, 6.07) is 11.9. The van der Waals surface area contributed by atoms with Gasteiger partial charge in [0.2, 0.25) is 11.8 Å². The van der Waals surface area contributed by atoms with E-state index in [4.69, 9.17) is 37.3 Å². The number of carboxylic acid groups (broad SMARTS) is 1. The van der Waals surface area contributed by atoms with Crippen LogP contribution < -0.4 is 9.47 Å². The summed E-state index contributed by atoms with van der Waals surface area (Å²) in [4.78, 5) is 29.6. The highest BCUT2D eigenvalue weighted by molar-refractivity contribution is 6.39. The van der Waals surface area contributed by atoms with Gasteiger partial charge in [-0.2, -0.15) is 0 Å². The summed E-state index contributed by atoms with van der Waals surface area (Å²) in [6.07, 6.45) is -1.80. The molecule has 3 atom stereocenters. The van der Waals surface area contributed by atoms with Crippen LogP contribution in [-0.4, -0.2) is 86.7 Å². The third-order valence-corrected chi connectivity index (χ3v) is 11.3. The molecule has 2 N–H and O–H groups in total. The molecule has 54 heavy (non-hydrogen) atoms. The van der Waals surface area contributed by atoms with Gasteiger partial charge >= 0.3 is 12.3 Å². The number of carboxylic acids is 1. The Bertz CT molecular complexity index is 2270. The van der Waals surface area contributed by atoms with Gasteiger partial charge in [0.1, 0.15) is 11.2 Å². The molecule has 2 aromatic heterocycles. The van der Waals surface area contributed by atoms with Crippen molar-refractivity contribution in [3.8, 4) is 45.5 Å². The average Bonchev–Trinajstić information content (AvgIpc) is 3.95. The van der Waals surface area contributed by atoms with E-state index < -0.39 is 24.0 Å². The number of carbonyl (C=O) groups is 1. The predicted molar refractivity (Wildman–Crippen MR) is 193 cm³/mol. The van der Waals surface area contributed by atoms with Crippen molar-refractivity contribution >= 4 is 40.3 Å². The highest BCUT2D eigenvalue weighted by Gasteiger charge is 2.41. The van der Waals surface area contributed by atoms with Crippen molar-refractivity contribution in [2.45, 2.75) is 50.7 Å². The summed E-state index contributed by atoms with van der Waals surface area (Å²) in [6.45, 7) is 2.58. The maximum Gasteiger partial charge on any atom is 0.573 e. The highest BCUT2D eigenvalue weighted by atomic mass is 35.5. The number of methoxy groups -OCH3 is 1. The molecule has 5 aromatic rings. The molecule has 0 amide bonds. The zero-order chi connectivity index (χ0) is 37.9. The van der Waals surface area contributed by atoms with Gasteiger partial charge < -0.3 is 24.1 Å². The number of aliphatic carboxylic acids is 1. The fourth-order valence-electron chi connectivity index (χ4n) is 7.89. The zero-order valence-corrected chi connectivity index (χ0v) is 30.4. The number of β-amino-alcohol motifs (C(OH)–C–C–N with tert-alkyl or cyclic N) is 1. The summed E-state index contributed by atoms with van der Waals surface area (Å²) >= 11 is 14.1. The third kappa shape index (κ3) is 6.85. The summed E-state index contributed by atoms with van der Waals surface area (Å²) in [5.74, 6) is -1.56. The molecule has 282 valence electrons. The SMILES string of the molecule is COc1nc(-c2cccc(-c3cccc(-c4nc5cc6c(c(OC(F)(F)F)c5o4)CC[C@H]6N4CC[C@@H](C(=O)O)C4)c3Cl)c2Cl)cnc1CN1CC[C@@H](O)C1. The first-order chi connectivity index (χ1) is 25.9. The van der Waals surface area contributed by atoms with Gasteiger partial charge in [-0.3, -0.25) is 19.6 Å². The number of oxazole rings is 1. The van der Waals surface area contributed by atoms with Crippen LogP contribution in [0.2, 0.25) is 10.0 Å². The van der Waals surface area contributed by atoms with E-state index in [1.54, 1.807) is 48.7 Å². The number of alkyl halides is 3. The second-order valence-electron chi connectivity index (χ2n) is 13.8. The first kappa shape index (κ1) is 36.5. The maximum atomic E-state index is 13.8. The first-order valence-electron chi connectivity index (χ1n) is 17.5.